The minimum atomic E-state index is -1.63. The second-order valence-corrected chi connectivity index (χ2v) is 16.0. The molecule has 2 saturated carbocycles. The molecule has 7 rings (SSSR count). The molecule has 4 heterocycles. The van der Waals surface area contributed by atoms with E-state index in [2.05, 4.69) is 0 Å². The van der Waals surface area contributed by atoms with Crippen LogP contribution in [0.5, 0.6) is 5.75 Å². The van der Waals surface area contributed by atoms with E-state index in [4.69, 9.17) is 28.1 Å². The number of benzene rings is 1. The summed E-state index contributed by atoms with van der Waals surface area (Å²) in [5.41, 5.74) is -8.75. The van der Waals surface area contributed by atoms with Gasteiger partial charge in [0.2, 0.25) is 11.2 Å². The average Bonchev–Trinajstić information content (AvgIpc) is 3.47. The zero-order chi connectivity index (χ0) is 35.0. The molecule has 2 aromatic rings. The molecule has 1 aromatic carbocycles. The first-order valence-corrected chi connectivity index (χ1v) is 16.3. The second kappa shape index (κ2) is 9.39. The summed E-state index contributed by atoms with van der Waals surface area (Å²) in [7, 11) is 0. The molecule has 0 spiro atoms. The van der Waals surface area contributed by atoms with Crippen LogP contribution < -0.4 is 10.4 Å². The van der Waals surface area contributed by atoms with Gasteiger partial charge in [-0.3, -0.25) is 9.59 Å². The molecule has 2 saturated heterocycles. The van der Waals surface area contributed by atoms with Gasteiger partial charge in [-0.2, -0.15) is 5.26 Å². The number of hydrogen-bond acceptors (Lipinski definition) is 12. The van der Waals surface area contributed by atoms with Crippen LogP contribution in [-0.4, -0.2) is 46.8 Å². The van der Waals surface area contributed by atoms with Crippen LogP contribution in [0.25, 0.3) is 11.0 Å². The Balaban J connectivity index is 1.37. The van der Waals surface area contributed by atoms with Crippen molar-refractivity contribution in [2.75, 3.05) is 0 Å². The first kappa shape index (κ1) is 32.2. The van der Waals surface area contributed by atoms with E-state index in [0.717, 1.165) is 0 Å². The molecule has 2 aliphatic carbocycles. The quantitative estimate of drug-likeness (QED) is 0.245. The fraction of sp³-hybridized carbons (Fsp3) is 0.611. The van der Waals surface area contributed by atoms with Crippen molar-refractivity contribution in [3.8, 4) is 11.8 Å². The Morgan fingerprint density at radius 1 is 0.812 bits per heavy atom. The fourth-order valence-electron chi connectivity index (χ4n) is 8.80. The molecular weight excluding hydrogens is 622 g/mol. The van der Waals surface area contributed by atoms with Crippen molar-refractivity contribution in [3.05, 3.63) is 39.7 Å². The normalized spacial score (nSPS) is 36.1. The van der Waals surface area contributed by atoms with Crippen LogP contribution in [0.15, 0.2) is 27.4 Å². The first-order chi connectivity index (χ1) is 22.2. The predicted molar refractivity (Wildman–Crippen MR) is 165 cm³/mol. The number of esters is 4. The summed E-state index contributed by atoms with van der Waals surface area (Å²) >= 11 is 0. The van der Waals surface area contributed by atoms with Gasteiger partial charge in [-0.25, -0.2) is 14.4 Å². The third kappa shape index (κ3) is 3.57. The van der Waals surface area contributed by atoms with Crippen molar-refractivity contribution in [2.24, 2.45) is 21.7 Å². The van der Waals surface area contributed by atoms with Crippen molar-refractivity contribution in [2.45, 2.75) is 117 Å². The van der Waals surface area contributed by atoms with Crippen LogP contribution in [0.4, 0.5) is 0 Å². The Morgan fingerprint density at radius 2 is 1.35 bits per heavy atom. The lowest BCUT2D eigenvalue weighted by Crippen LogP contribution is -2.57. The van der Waals surface area contributed by atoms with E-state index in [1.165, 1.54) is 6.07 Å². The van der Waals surface area contributed by atoms with Crippen LogP contribution >= 0.6 is 0 Å². The van der Waals surface area contributed by atoms with Gasteiger partial charge in [0.1, 0.15) is 16.9 Å². The highest BCUT2D eigenvalue weighted by Gasteiger charge is 2.78. The molecule has 4 fully saturated rings. The standard InChI is InChI=1S/C36H39NO11/c1-30(2)24(45-29(42)36-15-13-34(8,27(40)48-36)32(36,5)6)23(44-28(41)35-14-12-33(7,26(39)47-35)31(35,3)4)21-20(46-30)10-9-18-17-19(11-16-37)25(38)43-22(18)21/h9-10,17,23-24H,11-15H2,1-8H3/t23-,24-,33+,34+,35-,36-/m1/s1. The Bertz CT molecular complexity index is 1950. The molecule has 3 aliphatic heterocycles. The summed E-state index contributed by atoms with van der Waals surface area (Å²) in [6.07, 6.45) is -1.67. The van der Waals surface area contributed by atoms with E-state index in [0.29, 0.717) is 18.2 Å². The van der Waals surface area contributed by atoms with Gasteiger partial charge < -0.3 is 28.1 Å². The lowest BCUT2D eigenvalue weighted by molar-refractivity contribution is -0.217. The Hall–Kier alpha value is -4.40. The van der Waals surface area contributed by atoms with Crippen LogP contribution in [-0.2, 0) is 44.5 Å². The van der Waals surface area contributed by atoms with Gasteiger partial charge in [0.05, 0.1) is 34.4 Å². The molecule has 0 amide bonds. The minimum absolute atomic E-state index is 0.0178. The highest BCUT2D eigenvalue weighted by Crippen LogP contribution is 2.67. The van der Waals surface area contributed by atoms with Gasteiger partial charge in [-0.1, -0.05) is 27.7 Å². The molecule has 6 atom stereocenters. The lowest BCUT2D eigenvalue weighted by Gasteiger charge is -2.45. The summed E-state index contributed by atoms with van der Waals surface area (Å²) in [5.74, 6) is -2.43. The SMILES string of the molecule is CC1(C)Oc2ccc3cc(CC#N)c(=O)oc3c2[C@@H](OC(=O)[C@@]23CC[C@@](C)(C(=O)O2)C3(C)C)[C@H]1OC(=O)[C@@]12CC[C@@](C)(C(=O)O1)C2(C)C. The highest BCUT2D eigenvalue weighted by molar-refractivity contribution is 5.95. The largest absolute Gasteiger partial charge is 0.483 e. The summed E-state index contributed by atoms with van der Waals surface area (Å²) in [5, 5.41) is 9.66. The topological polar surface area (TPSA) is 168 Å². The molecule has 0 radical (unpaired) electrons. The monoisotopic (exact) mass is 661 g/mol. The van der Waals surface area contributed by atoms with Crippen LogP contribution in [0, 0.1) is 33.0 Å². The Labute approximate surface area is 277 Å². The lowest BCUT2D eigenvalue weighted by atomic mass is 9.66. The zero-order valence-electron chi connectivity index (χ0n) is 28.4. The maximum Gasteiger partial charge on any atom is 0.351 e. The molecule has 48 heavy (non-hydrogen) atoms. The van der Waals surface area contributed by atoms with Gasteiger partial charge in [0.15, 0.2) is 12.2 Å². The molecule has 12 heteroatoms. The van der Waals surface area contributed by atoms with Crippen molar-refractivity contribution < 1.29 is 47.3 Å². The molecule has 0 N–H and O–H groups in total. The molecule has 4 bridgehead atoms. The second-order valence-electron chi connectivity index (χ2n) is 16.0. The Morgan fingerprint density at radius 3 is 1.83 bits per heavy atom. The number of carbonyl (C=O) groups is 4. The maximum atomic E-state index is 14.5. The summed E-state index contributed by atoms with van der Waals surface area (Å²) in [6, 6.07) is 6.75. The van der Waals surface area contributed by atoms with E-state index in [9.17, 15) is 29.2 Å². The number of nitriles is 1. The number of rotatable bonds is 5. The summed E-state index contributed by atoms with van der Waals surface area (Å²) in [6.45, 7) is 14.1. The van der Waals surface area contributed by atoms with Gasteiger partial charge in [0.25, 0.3) is 0 Å². The Kier molecular flexibility index (Phi) is 6.29. The van der Waals surface area contributed by atoms with Crippen molar-refractivity contribution in [3.63, 3.8) is 0 Å². The number of hydrogen-bond donors (Lipinski definition) is 0. The van der Waals surface area contributed by atoms with Gasteiger partial charge in [0, 0.05) is 16.2 Å². The van der Waals surface area contributed by atoms with Gasteiger partial charge in [-0.15, -0.1) is 0 Å². The molecule has 12 nitrogen and oxygen atoms in total. The number of nitrogens with zero attached hydrogens (tertiary/aromatic N) is 1. The molecule has 1 aromatic heterocycles. The number of ether oxygens (including phenoxy) is 5. The van der Waals surface area contributed by atoms with Gasteiger partial charge >= 0.3 is 29.5 Å². The first-order valence-electron chi connectivity index (χ1n) is 16.3. The van der Waals surface area contributed by atoms with Crippen molar-refractivity contribution in [1.82, 2.24) is 0 Å². The van der Waals surface area contributed by atoms with Crippen molar-refractivity contribution >= 4 is 34.8 Å². The third-order valence-corrected chi connectivity index (χ3v) is 13.2. The smallest absolute Gasteiger partial charge is 0.351 e. The molecular formula is C36H39NO11. The van der Waals surface area contributed by atoms with E-state index < -0.39 is 80.2 Å². The van der Waals surface area contributed by atoms with E-state index in [1.807, 2.05) is 6.07 Å². The number of carbonyl (C=O) groups excluding carboxylic acids is 4. The molecule has 5 aliphatic rings. The maximum absolute atomic E-state index is 14.5. The van der Waals surface area contributed by atoms with Gasteiger partial charge in [-0.05, 0) is 71.6 Å². The van der Waals surface area contributed by atoms with Crippen LogP contribution in [0.1, 0.15) is 98.3 Å². The van der Waals surface area contributed by atoms with Crippen LogP contribution in [0.2, 0.25) is 0 Å². The summed E-state index contributed by atoms with van der Waals surface area (Å²) in [4.78, 5) is 68.0. The average molecular weight is 662 g/mol. The minimum Gasteiger partial charge on any atom is -0.483 e. The molecule has 0 unspecified atom stereocenters. The zero-order valence-corrected chi connectivity index (χ0v) is 28.4. The van der Waals surface area contributed by atoms with Crippen LogP contribution in [0.3, 0.4) is 0 Å². The van der Waals surface area contributed by atoms with E-state index in [-0.39, 0.29) is 41.7 Å². The summed E-state index contributed by atoms with van der Waals surface area (Å²) < 4.78 is 36.5. The van der Waals surface area contributed by atoms with E-state index in [1.54, 1.807) is 67.5 Å². The van der Waals surface area contributed by atoms with Crippen molar-refractivity contribution in [1.29, 1.82) is 5.26 Å². The molecule has 254 valence electrons. The third-order valence-electron chi connectivity index (χ3n) is 13.2. The predicted octanol–water partition coefficient (Wildman–Crippen LogP) is 4.77. The fourth-order valence-corrected chi connectivity index (χ4v) is 8.80. The number of fused-ring (bicyclic) bond motifs is 7. The van der Waals surface area contributed by atoms with E-state index >= 15 is 0 Å². The highest BCUT2D eigenvalue weighted by atomic mass is 16.7.